The molecule has 0 unspecified atom stereocenters. The van der Waals surface area contributed by atoms with Gasteiger partial charge in [-0.15, -0.1) is 11.3 Å². The molecule has 0 bridgehead atoms. The maximum Gasteiger partial charge on any atom is 0.307 e. The zero-order valence-corrected chi connectivity index (χ0v) is 19.7. The van der Waals surface area contributed by atoms with Crippen molar-refractivity contribution in [3.8, 4) is 11.1 Å². The van der Waals surface area contributed by atoms with Gasteiger partial charge in [0.15, 0.2) is 6.29 Å². The van der Waals surface area contributed by atoms with Gasteiger partial charge in [0, 0.05) is 51.1 Å². The smallest absolute Gasteiger partial charge is 0.307 e. The van der Waals surface area contributed by atoms with Crippen LogP contribution in [0.1, 0.15) is 21.5 Å². The van der Waals surface area contributed by atoms with E-state index in [4.69, 9.17) is 11.6 Å². The molecule has 7 nitrogen and oxygen atoms in total. The van der Waals surface area contributed by atoms with Crippen molar-refractivity contribution in [3.63, 3.8) is 0 Å². The van der Waals surface area contributed by atoms with Crippen LogP contribution in [0.4, 0.5) is 5.69 Å². The van der Waals surface area contributed by atoms with Crippen molar-refractivity contribution in [1.82, 2.24) is 4.57 Å². The number of aromatic nitrogens is 1. The van der Waals surface area contributed by atoms with Crippen LogP contribution >= 0.6 is 22.9 Å². The minimum atomic E-state index is -0.942. The number of carbonyl (C=O) groups excluding carboxylic acids is 1. The third-order valence-corrected chi connectivity index (χ3v) is 7.20. The molecule has 0 spiro atoms. The van der Waals surface area contributed by atoms with Crippen molar-refractivity contribution in [3.05, 3.63) is 98.0 Å². The summed E-state index contributed by atoms with van der Waals surface area (Å²) in [6.45, 7) is 0.482. The predicted molar refractivity (Wildman–Crippen MR) is 137 cm³/mol. The largest absolute Gasteiger partial charge is 0.481 e. The summed E-state index contributed by atoms with van der Waals surface area (Å²) in [5.74, 6) is -0.942. The van der Waals surface area contributed by atoms with E-state index in [-0.39, 0.29) is 12.1 Å². The minimum absolute atomic E-state index is 0.116. The SMILES string of the molecule is O=Cc1ccc([N+](=O)[O-])cc1-c1ccc2c(CC(=O)O)cn(Cc3csc4ccc(Cl)cc34)c2c1. The standard InChI is InChI=1S/C26H17ClN2O5S/c27-19-3-6-25-23(9-19)18(14-35-25)12-28-11-17(8-26(31)32)21-5-2-15(7-24(21)28)22-10-20(29(33)34)4-1-16(22)13-30/h1-7,9-11,13-14H,8,12H2,(H,31,32). The number of aliphatic carboxylic acids is 1. The van der Waals surface area contributed by atoms with Crippen molar-refractivity contribution >= 4 is 61.9 Å². The van der Waals surface area contributed by atoms with Crippen molar-refractivity contribution in [2.24, 2.45) is 0 Å². The predicted octanol–water partition coefficient (Wildman–Crippen LogP) is 6.57. The Labute approximate surface area is 208 Å². The van der Waals surface area contributed by atoms with Gasteiger partial charge < -0.3 is 9.67 Å². The minimum Gasteiger partial charge on any atom is -0.481 e. The maximum atomic E-state index is 11.7. The van der Waals surface area contributed by atoms with Crippen LogP contribution in [0.25, 0.3) is 32.1 Å². The molecule has 9 heteroatoms. The maximum absolute atomic E-state index is 11.7. The number of carbonyl (C=O) groups is 2. The van der Waals surface area contributed by atoms with Gasteiger partial charge in [0.25, 0.3) is 5.69 Å². The summed E-state index contributed by atoms with van der Waals surface area (Å²) in [5.41, 5.74) is 3.75. The Morgan fingerprint density at radius 1 is 1.09 bits per heavy atom. The van der Waals surface area contributed by atoms with Gasteiger partial charge in [-0.3, -0.25) is 19.7 Å². The molecule has 0 aliphatic rings. The highest BCUT2D eigenvalue weighted by molar-refractivity contribution is 7.17. The van der Waals surface area contributed by atoms with Crippen LogP contribution in [-0.4, -0.2) is 26.9 Å². The molecular weight excluding hydrogens is 488 g/mol. The van der Waals surface area contributed by atoms with E-state index in [2.05, 4.69) is 5.38 Å². The van der Waals surface area contributed by atoms with Crippen molar-refractivity contribution in [2.75, 3.05) is 0 Å². The number of carboxylic acid groups (broad SMARTS) is 1. The molecule has 174 valence electrons. The van der Waals surface area contributed by atoms with Crippen LogP contribution in [0, 0.1) is 10.1 Å². The van der Waals surface area contributed by atoms with Gasteiger partial charge in [0.05, 0.1) is 11.3 Å². The Bertz CT molecular complexity index is 1650. The number of nitro benzene ring substituents is 1. The van der Waals surface area contributed by atoms with Crippen LogP contribution in [0.3, 0.4) is 0 Å². The fourth-order valence-corrected chi connectivity index (χ4v) is 5.45. The van der Waals surface area contributed by atoms with E-state index in [0.717, 1.165) is 26.6 Å². The molecule has 5 aromatic rings. The van der Waals surface area contributed by atoms with Crippen LogP contribution in [-0.2, 0) is 17.8 Å². The summed E-state index contributed by atoms with van der Waals surface area (Å²) in [4.78, 5) is 34.0. The Morgan fingerprint density at radius 3 is 2.66 bits per heavy atom. The zero-order chi connectivity index (χ0) is 24.7. The van der Waals surface area contributed by atoms with Gasteiger partial charge in [-0.05, 0) is 63.4 Å². The van der Waals surface area contributed by atoms with Gasteiger partial charge in [0.2, 0.25) is 0 Å². The lowest BCUT2D eigenvalue weighted by Gasteiger charge is -2.09. The molecule has 2 heterocycles. The van der Waals surface area contributed by atoms with E-state index in [1.165, 1.54) is 18.2 Å². The molecular formula is C26H17ClN2O5S. The van der Waals surface area contributed by atoms with Crippen LogP contribution in [0.15, 0.2) is 66.2 Å². The van der Waals surface area contributed by atoms with E-state index < -0.39 is 10.9 Å². The first-order chi connectivity index (χ1) is 16.8. The number of hydrogen-bond donors (Lipinski definition) is 1. The lowest BCUT2D eigenvalue weighted by atomic mass is 9.98. The van der Waals surface area contributed by atoms with Crippen molar-refractivity contribution in [2.45, 2.75) is 13.0 Å². The first-order valence-electron chi connectivity index (χ1n) is 10.6. The second kappa shape index (κ2) is 8.98. The van der Waals surface area contributed by atoms with Gasteiger partial charge >= 0.3 is 5.97 Å². The van der Waals surface area contributed by atoms with Crippen LogP contribution in [0.5, 0.6) is 0 Å². The normalized spacial score (nSPS) is 11.2. The van der Waals surface area contributed by atoms with Crippen molar-refractivity contribution < 1.29 is 19.6 Å². The molecule has 0 saturated carbocycles. The molecule has 0 aliphatic carbocycles. The number of benzene rings is 3. The molecule has 5 rings (SSSR count). The molecule has 0 atom stereocenters. The van der Waals surface area contributed by atoms with Gasteiger partial charge in [-0.1, -0.05) is 23.7 Å². The van der Waals surface area contributed by atoms with Crippen LogP contribution in [0.2, 0.25) is 5.02 Å². The van der Waals surface area contributed by atoms with E-state index in [0.29, 0.717) is 40.1 Å². The van der Waals surface area contributed by atoms with Gasteiger partial charge in [-0.2, -0.15) is 0 Å². The number of non-ortho nitro benzene ring substituents is 1. The Balaban J connectivity index is 1.68. The zero-order valence-electron chi connectivity index (χ0n) is 18.1. The number of aldehydes is 1. The third kappa shape index (κ3) is 4.29. The summed E-state index contributed by atoms with van der Waals surface area (Å²) >= 11 is 7.82. The number of hydrogen-bond acceptors (Lipinski definition) is 5. The average molecular weight is 505 g/mol. The molecule has 2 aromatic heterocycles. The molecule has 0 fully saturated rings. The van der Waals surface area contributed by atoms with E-state index in [1.54, 1.807) is 23.5 Å². The van der Waals surface area contributed by atoms with Crippen molar-refractivity contribution in [1.29, 1.82) is 0 Å². The lowest BCUT2D eigenvalue weighted by Crippen LogP contribution is -2.00. The summed E-state index contributed by atoms with van der Waals surface area (Å²) in [6.07, 6.45) is 2.35. The first-order valence-corrected chi connectivity index (χ1v) is 11.8. The second-order valence-electron chi connectivity index (χ2n) is 8.13. The highest BCUT2D eigenvalue weighted by atomic mass is 35.5. The van der Waals surface area contributed by atoms with E-state index >= 15 is 0 Å². The molecule has 0 aliphatic heterocycles. The van der Waals surface area contributed by atoms with Gasteiger partial charge in [0.1, 0.15) is 0 Å². The Kier molecular flexibility index (Phi) is 5.84. The number of nitrogens with zero attached hydrogens (tertiary/aromatic N) is 2. The topological polar surface area (TPSA) is 102 Å². The number of fused-ring (bicyclic) bond motifs is 2. The van der Waals surface area contributed by atoms with E-state index in [9.17, 15) is 24.8 Å². The molecule has 0 saturated heterocycles. The quantitative estimate of drug-likeness (QED) is 0.153. The molecule has 0 radical (unpaired) electrons. The van der Waals surface area contributed by atoms with Crippen LogP contribution < -0.4 is 0 Å². The summed E-state index contributed by atoms with van der Waals surface area (Å²) in [7, 11) is 0. The number of rotatable bonds is 7. The molecule has 35 heavy (non-hydrogen) atoms. The highest BCUT2D eigenvalue weighted by Crippen LogP contribution is 2.34. The van der Waals surface area contributed by atoms with Gasteiger partial charge in [-0.25, -0.2) is 0 Å². The number of carboxylic acids is 1. The Hall–Kier alpha value is -4.01. The molecule has 0 amide bonds. The Morgan fingerprint density at radius 2 is 1.91 bits per heavy atom. The summed E-state index contributed by atoms with van der Waals surface area (Å²) in [6, 6.07) is 15.2. The van der Waals surface area contributed by atoms with E-state index in [1.807, 2.05) is 35.0 Å². The molecule has 1 N–H and O–H groups in total. The number of thiophene rings is 1. The fourth-order valence-electron chi connectivity index (χ4n) is 4.34. The summed E-state index contributed by atoms with van der Waals surface area (Å²) < 4.78 is 3.07. The first kappa shape index (κ1) is 22.8. The summed E-state index contributed by atoms with van der Waals surface area (Å²) in [5, 5.41) is 25.2. The monoisotopic (exact) mass is 504 g/mol. The average Bonchev–Trinajstić information content (AvgIpc) is 3.38. The third-order valence-electron chi connectivity index (χ3n) is 5.95. The second-order valence-corrected chi connectivity index (χ2v) is 9.48. The highest BCUT2D eigenvalue weighted by Gasteiger charge is 2.17. The molecule has 3 aromatic carbocycles. The lowest BCUT2D eigenvalue weighted by molar-refractivity contribution is -0.384. The number of nitro groups is 1. The number of halogens is 1. The fraction of sp³-hybridized carbons (Fsp3) is 0.0769.